The van der Waals surface area contributed by atoms with Crippen molar-refractivity contribution in [3.63, 3.8) is 0 Å². The summed E-state index contributed by atoms with van der Waals surface area (Å²) in [7, 11) is -1.22. The molecule has 0 atom stereocenters. The zero-order chi connectivity index (χ0) is 36.5. The van der Waals surface area contributed by atoms with Crippen LogP contribution in [0.1, 0.15) is 0 Å². The van der Waals surface area contributed by atoms with Gasteiger partial charge < -0.3 is 4.42 Å². The van der Waals surface area contributed by atoms with Crippen LogP contribution in [0.15, 0.2) is 199 Å². The third-order valence-corrected chi connectivity index (χ3v) is 11.0. The summed E-state index contributed by atoms with van der Waals surface area (Å²) in [4.78, 5) is 13.2. The van der Waals surface area contributed by atoms with Gasteiger partial charge in [0, 0.05) is 66.2 Å². The van der Waals surface area contributed by atoms with Crippen LogP contribution in [-0.4, -0.2) is 23.0 Å². The van der Waals surface area contributed by atoms with Gasteiger partial charge in [-0.3, -0.25) is 15.0 Å². The van der Waals surface area contributed by atoms with Crippen molar-refractivity contribution in [1.82, 2.24) is 15.0 Å². The van der Waals surface area contributed by atoms with Gasteiger partial charge in [0.15, 0.2) is 0 Å². The number of hydrogen-bond donors (Lipinski definition) is 0. The fourth-order valence-electron chi connectivity index (χ4n) is 6.04. The maximum Gasteiger partial charge on any atom is 0.136 e. The van der Waals surface area contributed by atoms with E-state index in [1.807, 2.05) is 104 Å². The number of pyridine rings is 3. The summed E-state index contributed by atoms with van der Waals surface area (Å²) in [6.07, 6.45) is 5.66. The average Bonchev–Trinajstić information content (AvgIpc) is 3.60. The molecular weight excluding hydrogens is 855 g/mol. The average molecular weight is 896 g/mol. The van der Waals surface area contributed by atoms with Crippen LogP contribution >= 0.6 is 0 Å². The maximum absolute atomic E-state index is 6.09. The Morgan fingerprint density at radius 1 is 0.389 bits per heavy atom. The van der Waals surface area contributed by atoms with Gasteiger partial charge in [0.2, 0.25) is 0 Å². The first-order chi connectivity index (χ1) is 25.9. The quantitative estimate of drug-likeness (QED) is 0.162. The summed E-state index contributed by atoms with van der Waals surface area (Å²) >= 11 is 0. The SMILES string of the molecule is C[Si](C)(C)c1ccc(-c2ccccc2)nc1.[Ir].c1ccc(-c2ccc3c(c2)oc2ccc(-c4ccccn4)cc23)cc1.c1ccc(-c2ccccn2)cc1. The van der Waals surface area contributed by atoms with Crippen LogP contribution in [0, 0.1) is 0 Å². The fraction of sp³-hybridized carbons (Fsp3) is 0.0625. The first-order valence-electron chi connectivity index (χ1n) is 17.8. The molecule has 267 valence electrons. The van der Waals surface area contributed by atoms with Crippen molar-refractivity contribution in [1.29, 1.82) is 0 Å². The fourth-order valence-corrected chi connectivity index (χ4v) is 7.08. The van der Waals surface area contributed by atoms with Gasteiger partial charge in [-0.25, -0.2) is 0 Å². The molecule has 9 aromatic rings. The van der Waals surface area contributed by atoms with Gasteiger partial charge in [-0.2, -0.15) is 0 Å². The summed E-state index contributed by atoms with van der Waals surface area (Å²) < 4.78 is 6.09. The topological polar surface area (TPSA) is 51.8 Å². The second-order valence-corrected chi connectivity index (χ2v) is 18.8. The minimum Gasteiger partial charge on any atom is -0.456 e. The Bertz CT molecular complexity index is 2470. The Morgan fingerprint density at radius 2 is 0.907 bits per heavy atom. The molecule has 0 saturated heterocycles. The van der Waals surface area contributed by atoms with E-state index in [-0.39, 0.29) is 20.1 Å². The molecule has 5 aromatic carbocycles. The number of furan rings is 1. The second-order valence-electron chi connectivity index (χ2n) is 13.7. The number of fused-ring (bicyclic) bond motifs is 3. The Balaban J connectivity index is 0.000000148. The molecule has 9 rings (SSSR count). The van der Waals surface area contributed by atoms with Crippen LogP contribution in [0.25, 0.3) is 66.8 Å². The van der Waals surface area contributed by atoms with E-state index in [4.69, 9.17) is 4.42 Å². The number of nitrogens with zero attached hydrogens (tertiary/aromatic N) is 3. The Labute approximate surface area is 332 Å². The van der Waals surface area contributed by atoms with E-state index < -0.39 is 8.07 Å². The molecular formula is C48H41IrN3OSi. The number of rotatable bonds is 5. The van der Waals surface area contributed by atoms with E-state index in [1.165, 1.54) is 16.3 Å². The predicted octanol–water partition coefficient (Wildman–Crippen LogP) is 12.4. The molecule has 4 heterocycles. The molecule has 54 heavy (non-hydrogen) atoms. The van der Waals surface area contributed by atoms with Crippen molar-refractivity contribution in [2.24, 2.45) is 0 Å². The van der Waals surface area contributed by atoms with E-state index in [9.17, 15) is 0 Å². The van der Waals surface area contributed by atoms with E-state index in [0.29, 0.717) is 0 Å². The summed E-state index contributed by atoms with van der Waals surface area (Å²) in [6.45, 7) is 7.02. The van der Waals surface area contributed by atoms with Gasteiger partial charge in [-0.05, 0) is 77.0 Å². The van der Waals surface area contributed by atoms with Crippen LogP contribution in [0.3, 0.4) is 0 Å². The van der Waals surface area contributed by atoms with Gasteiger partial charge in [0.25, 0.3) is 0 Å². The first-order valence-corrected chi connectivity index (χ1v) is 21.3. The maximum atomic E-state index is 6.09. The largest absolute Gasteiger partial charge is 0.456 e. The standard InChI is InChI=1S/C23H15NO.C14H17NSi.C11H9N.Ir/c1-2-6-16(7-3-1)17-9-11-19-20-14-18(21-8-4-5-13-24-21)10-12-22(20)25-23(19)15-17;1-16(2,3)13-9-10-14(15-11-13)12-7-5-4-6-8-12;1-2-6-10(7-3-1)11-8-4-5-9-12-11;/h1-15H;4-11H,1-3H3;1-9H;. The van der Waals surface area contributed by atoms with Crippen LogP contribution < -0.4 is 5.19 Å². The molecule has 4 aromatic heterocycles. The zero-order valence-electron chi connectivity index (χ0n) is 30.6. The van der Waals surface area contributed by atoms with Crippen molar-refractivity contribution in [2.45, 2.75) is 19.6 Å². The van der Waals surface area contributed by atoms with Crippen molar-refractivity contribution >= 4 is 35.2 Å². The third-order valence-electron chi connectivity index (χ3n) is 8.97. The summed E-state index contributed by atoms with van der Waals surface area (Å²) in [5, 5.41) is 3.66. The molecule has 0 saturated carbocycles. The van der Waals surface area contributed by atoms with E-state index in [1.54, 1.807) is 0 Å². The molecule has 0 N–H and O–H groups in total. The number of hydrogen-bond acceptors (Lipinski definition) is 4. The minimum absolute atomic E-state index is 0. The smallest absolute Gasteiger partial charge is 0.136 e. The van der Waals surface area contributed by atoms with E-state index in [0.717, 1.165) is 55.7 Å². The van der Waals surface area contributed by atoms with Gasteiger partial charge in [0.05, 0.1) is 25.2 Å². The van der Waals surface area contributed by atoms with Crippen molar-refractivity contribution in [3.8, 4) is 44.9 Å². The first kappa shape index (κ1) is 38.0. The zero-order valence-corrected chi connectivity index (χ0v) is 34.0. The molecule has 0 bridgehead atoms. The Hall–Kier alpha value is -5.78. The summed E-state index contributed by atoms with van der Waals surface area (Å²) in [5.41, 5.74) is 10.7. The Morgan fingerprint density at radius 3 is 1.43 bits per heavy atom. The van der Waals surface area contributed by atoms with Crippen molar-refractivity contribution in [3.05, 3.63) is 195 Å². The molecule has 1 radical (unpaired) electrons. The number of benzene rings is 5. The van der Waals surface area contributed by atoms with E-state index >= 15 is 0 Å². The molecule has 0 fully saturated rings. The summed E-state index contributed by atoms with van der Waals surface area (Å²) in [5.74, 6) is 0. The molecule has 0 amide bonds. The van der Waals surface area contributed by atoms with Crippen LogP contribution in [0.2, 0.25) is 19.6 Å². The van der Waals surface area contributed by atoms with Crippen LogP contribution in [-0.2, 0) is 20.1 Å². The Kier molecular flexibility index (Phi) is 12.5. The molecule has 0 aliphatic heterocycles. The van der Waals surface area contributed by atoms with Crippen LogP contribution in [0.4, 0.5) is 0 Å². The van der Waals surface area contributed by atoms with Gasteiger partial charge in [-0.1, -0.05) is 135 Å². The van der Waals surface area contributed by atoms with Crippen LogP contribution in [0.5, 0.6) is 0 Å². The predicted molar refractivity (Wildman–Crippen MR) is 225 cm³/mol. The normalized spacial score (nSPS) is 10.7. The second kappa shape index (κ2) is 17.8. The van der Waals surface area contributed by atoms with E-state index in [2.05, 4.69) is 126 Å². The molecule has 6 heteroatoms. The third kappa shape index (κ3) is 9.41. The van der Waals surface area contributed by atoms with Crippen molar-refractivity contribution < 1.29 is 24.5 Å². The monoisotopic (exact) mass is 896 g/mol. The van der Waals surface area contributed by atoms with Crippen molar-refractivity contribution in [2.75, 3.05) is 0 Å². The molecule has 0 spiro atoms. The van der Waals surface area contributed by atoms with Gasteiger partial charge in [0.1, 0.15) is 11.2 Å². The molecule has 0 aliphatic rings. The summed E-state index contributed by atoms with van der Waals surface area (Å²) in [6, 6.07) is 59.7. The number of aromatic nitrogens is 3. The minimum atomic E-state index is -1.22. The molecule has 0 aliphatic carbocycles. The molecule has 0 unspecified atom stereocenters. The van der Waals surface area contributed by atoms with Gasteiger partial charge >= 0.3 is 0 Å². The van der Waals surface area contributed by atoms with Gasteiger partial charge in [-0.15, -0.1) is 0 Å². The molecule has 4 nitrogen and oxygen atoms in total.